The zero-order valence-electron chi connectivity index (χ0n) is 16.8. The predicted molar refractivity (Wildman–Crippen MR) is 112 cm³/mol. The fraction of sp³-hybridized carbons (Fsp3) is 0.368. The third kappa shape index (κ3) is 4.86. The van der Waals surface area contributed by atoms with Crippen LogP contribution in [0.3, 0.4) is 0 Å². The topological polar surface area (TPSA) is 116 Å². The van der Waals surface area contributed by atoms with E-state index >= 15 is 0 Å². The van der Waals surface area contributed by atoms with Gasteiger partial charge in [-0.3, -0.25) is 4.79 Å². The molecule has 0 radical (unpaired) electrons. The molecule has 0 unspecified atom stereocenters. The van der Waals surface area contributed by atoms with Crippen LogP contribution in [-0.4, -0.2) is 44.8 Å². The number of hydrogen-bond acceptors (Lipinski definition) is 4. The molecule has 0 bridgehead atoms. The molecule has 9 nitrogen and oxygen atoms in total. The van der Waals surface area contributed by atoms with Crippen molar-refractivity contribution in [1.82, 2.24) is 30.4 Å². The molecule has 0 saturated carbocycles. The van der Waals surface area contributed by atoms with Gasteiger partial charge in [-0.25, -0.2) is 4.79 Å². The summed E-state index contributed by atoms with van der Waals surface area (Å²) in [7, 11) is 0. The molecule has 1 aromatic carbocycles. The SMILES string of the molecule is CC(=O)NCCNC(=O)Nc1cccc(-c2nn3nc(C(C)(C)C)c(Cl)c3[nH]2)c1. The number of carbonyl (C=O) groups is 2. The third-order valence-electron chi connectivity index (χ3n) is 4.13. The summed E-state index contributed by atoms with van der Waals surface area (Å²) in [5.41, 5.74) is 2.59. The number of H-pyrrole nitrogens is 1. The van der Waals surface area contributed by atoms with E-state index in [9.17, 15) is 9.59 Å². The summed E-state index contributed by atoms with van der Waals surface area (Å²) >= 11 is 6.48. The standard InChI is InChI=1S/C19H24ClN7O2/c1-11(28)21-8-9-22-18(29)23-13-7-5-6-12(10-13)16-24-17-14(20)15(19(2,3)4)25-27(17)26-16/h5-7,10H,8-9H2,1-4H3,(H,21,28)(H,24,26)(H2,22,23,29). The molecule has 0 saturated heterocycles. The largest absolute Gasteiger partial charge is 0.355 e. The third-order valence-corrected chi connectivity index (χ3v) is 4.49. The number of hydrogen-bond donors (Lipinski definition) is 4. The van der Waals surface area contributed by atoms with Crippen LogP contribution in [0.1, 0.15) is 33.4 Å². The molecule has 3 amide bonds. The number of nitrogens with one attached hydrogen (secondary N) is 4. The highest BCUT2D eigenvalue weighted by molar-refractivity contribution is 6.34. The maximum absolute atomic E-state index is 12.0. The molecule has 0 atom stereocenters. The van der Waals surface area contributed by atoms with E-state index in [0.29, 0.717) is 35.3 Å². The molecule has 29 heavy (non-hydrogen) atoms. The smallest absolute Gasteiger partial charge is 0.319 e. The van der Waals surface area contributed by atoms with Crippen LogP contribution in [-0.2, 0) is 10.2 Å². The highest BCUT2D eigenvalue weighted by atomic mass is 35.5. The summed E-state index contributed by atoms with van der Waals surface area (Å²) in [5, 5.41) is 17.5. The van der Waals surface area contributed by atoms with Gasteiger partial charge in [-0.05, 0) is 12.1 Å². The van der Waals surface area contributed by atoms with Crippen LogP contribution in [0.2, 0.25) is 5.02 Å². The van der Waals surface area contributed by atoms with Crippen molar-refractivity contribution >= 4 is 34.9 Å². The van der Waals surface area contributed by atoms with E-state index in [1.807, 2.05) is 32.9 Å². The number of amides is 3. The Morgan fingerprint density at radius 1 is 1.17 bits per heavy atom. The van der Waals surface area contributed by atoms with E-state index in [0.717, 1.165) is 11.3 Å². The molecule has 0 aliphatic carbocycles. The van der Waals surface area contributed by atoms with Gasteiger partial charge in [-0.2, -0.15) is 5.10 Å². The zero-order valence-corrected chi connectivity index (χ0v) is 17.5. The van der Waals surface area contributed by atoms with Crippen LogP contribution < -0.4 is 16.0 Å². The molecular weight excluding hydrogens is 394 g/mol. The van der Waals surface area contributed by atoms with Gasteiger partial charge >= 0.3 is 6.03 Å². The van der Waals surface area contributed by atoms with Gasteiger partial charge in [0.2, 0.25) is 5.91 Å². The quantitative estimate of drug-likeness (QED) is 0.477. The molecule has 154 valence electrons. The van der Waals surface area contributed by atoms with Gasteiger partial charge in [-0.1, -0.05) is 44.5 Å². The second-order valence-corrected chi connectivity index (χ2v) is 8.05. The lowest BCUT2D eigenvalue weighted by atomic mass is 9.92. The first-order valence-electron chi connectivity index (χ1n) is 9.20. The monoisotopic (exact) mass is 417 g/mol. The van der Waals surface area contributed by atoms with Gasteiger partial charge < -0.3 is 20.9 Å². The second-order valence-electron chi connectivity index (χ2n) is 7.67. The number of rotatable bonds is 5. The van der Waals surface area contributed by atoms with Gasteiger partial charge in [0.1, 0.15) is 5.02 Å². The van der Waals surface area contributed by atoms with Gasteiger partial charge in [-0.15, -0.1) is 9.73 Å². The van der Waals surface area contributed by atoms with Crippen LogP contribution in [0.15, 0.2) is 24.3 Å². The molecule has 2 aromatic heterocycles. The van der Waals surface area contributed by atoms with Crippen molar-refractivity contribution in [3.63, 3.8) is 0 Å². The van der Waals surface area contributed by atoms with Gasteiger partial charge in [0.15, 0.2) is 11.5 Å². The van der Waals surface area contributed by atoms with Gasteiger partial charge in [0.05, 0.1) is 5.69 Å². The summed E-state index contributed by atoms with van der Waals surface area (Å²) in [5.74, 6) is 0.448. The molecule has 2 heterocycles. The number of aromatic amines is 1. The Kier molecular flexibility index (Phi) is 5.78. The van der Waals surface area contributed by atoms with Gasteiger partial charge in [0, 0.05) is 36.7 Å². The summed E-state index contributed by atoms with van der Waals surface area (Å²) < 4.78 is 1.49. The van der Waals surface area contributed by atoms with Crippen molar-refractivity contribution in [1.29, 1.82) is 0 Å². The van der Waals surface area contributed by atoms with E-state index in [4.69, 9.17) is 11.6 Å². The molecular formula is C19H24ClN7O2. The minimum Gasteiger partial charge on any atom is -0.355 e. The van der Waals surface area contributed by atoms with Crippen LogP contribution in [0.25, 0.3) is 17.0 Å². The number of urea groups is 1. The van der Waals surface area contributed by atoms with Crippen LogP contribution >= 0.6 is 11.6 Å². The summed E-state index contributed by atoms with van der Waals surface area (Å²) in [6.45, 7) is 8.24. The highest BCUT2D eigenvalue weighted by Crippen LogP contribution is 2.32. The summed E-state index contributed by atoms with van der Waals surface area (Å²) in [4.78, 5) is 26.0. The first kappa shape index (κ1) is 20.7. The minimum absolute atomic E-state index is 0.139. The van der Waals surface area contributed by atoms with Crippen molar-refractivity contribution in [2.45, 2.75) is 33.1 Å². The average molecular weight is 418 g/mol. The Hall–Kier alpha value is -3.07. The minimum atomic E-state index is -0.361. The molecule has 4 N–H and O–H groups in total. The molecule has 10 heteroatoms. The lowest BCUT2D eigenvalue weighted by molar-refractivity contribution is -0.118. The fourth-order valence-corrected chi connectivity index (χ4v) is 3.19. The number of halogens is 1. The zero-order chi connectivity index (χ0) is 21.2. The Morgan fingerprint density at radius 3 is 2.55 bits per heavy atom. The Labute approximate surface area is 173 Å². The van der Waals surface area contributed by atoms with Gasteiger partial charge in [0.25, 0.3) is 0 Å². The Bertz CT molecular complexity index is 1050. The average Bonchev–Trinajstić information content (AvgIpc) is 3.18. The van der Waals surface area contributed by atoms with E-state index in [1.165, 1.54) is 11.6 Å². The Morgan fingerprint density at radius 2 is 1.90 bits per heavy atom. The van der Waals surface area contributed by atoms with Crippen molar-refractivity contribution < 1.29 is 9.59 Å². The van der Waals surface area contributed by atoms with E-state index in [1.54, 1.807) is 12.1 Å². The van der Waals surface area contributed by atoms with Crippen LogP contribution in [0.4, 0.5) is 10.5 Å². The van der Waals surface area contributed by atoms with Crippen molar-refractivity contribution in [2.24, 2.45) is 0 Å². The van der Waals surface area contributed by atoms with Crippen molar-refractivity contribution in [2.75, 3.05) is 18.4 Å². The number of aromatic nitrogens is 4. The molecule has 3 rings (SSSR count). The fourth-order valence-electron chi connectivity index (χ4n) is 2.74. The lowest BCUT2D eigenvalue weighted by Gasteiger charge is -2.14. The molecule has 0 fully saturated rings. The Balaban J connectivity index is 1.72. The summed E-state index contributed by atoms with van der Waals surface area (Å²) in [6.07, 6.45) is 0. The first-order valence-corrected chi connectivity index (χ1v) is 9.57. The normalized spacial score (nSPS) is 11.5. The maximum Gasteiger partial charge on any atom is 0.319 e. The number of fused-ring (bicyclic) bond motifs is 1. The molecule has 0 spiro atoms. The number of nitrogens with zero attached hydrogens (tertiary/aromatic N) is 3. The maximum atomic E-state index is 12.0. The van der Waals surface area contributed by atoms with E-state index in [2.05, 4.69) is 31.1 Å². The van der Waals surface area contributed by atoms with Crippen molar-refractivity contribution in [3.05, 3.63) is 35.0 Å². The molecule has 0 aliphatic heterocycles. The highest BCUT2D eigenvalue weighted by Gasteiger charge is 2.25. The predicted octanol–water partition coefficient (Wildman–Crippen LogP) is 2.93. The van der Waals surface area contributed by atoms with E-state index < -0.39 is 0 Å². The molecule has 3 aromatic rings. The second kappa shape index (κ2) is 8.12. The van der Waals surface area contributed by atoms with Crippen molar-refractivity contribution in [3.8, 4) is 11.4 Å². The first-order chi connectivity index (χ1) is 13.6. The number of benzene rings is 1. The van der Waals surface area contributed by atoms with E-state index in [-0.39, 0.29) is 17.4 Å². The van der Waals surface area contributed by atoms with Crippen LogP contribution in [0, 0.1) is 0 Å². The number of carbonyl (C=O) groups excluding carboxylic acids is 2. The summed E-state index contributed by atoms with van der Waals surface area (Å²) in [6, 6.07) is 6.89. The molecule has 0 aliphatic rings. The van der Waals surface area contributed by atoms with Crippen LogP contribution in [0.5, 0.6) is 0 Å². The lowest BCUT2D eigenvalue weighted by Crippen LogP contribution is -2.36. The number of anilines is 1.